The maximum Gasteiger partial charge on any atom is 0.303 e. The summed E-state index contributed by atoms with van der Waals surface area (Å²) in [5.41, 5.74) is -1.33. The molecule has 0 heterocycles. The van der Waals surface area contributed by atoms with Crippen LogP contribution in [0.3, 0.4) is 0 Å². The van der Waals surface area contributed by atoms with Crippen LogP contribution in [0.15, 0.2) is 0 Å². The molecular formula is C21H41NO5. The van der Waals surface area contributed by atoms with E-state index in [1.165, 1.54) is 0 Å². The number of carbonyl (C=O) groups excluding carboxylic acids is 1. The molecule has 6 nitrogen and oxygen atoms in total. The van der Waals surface area contributed by atoms with Crippen LogP contribution in [0.5, 0.6) is 0 Å². The summed E-state index contributed by atoms with van der Waals surface area (Å²) in [6.07, 6.45) is -0.184. The molecule has 0 aromatic heterocycles. The predicted molar refractivity (Wildman–Crippen MR) is 108 cm³/mol. The van der Waals surface area contributed by atoms with Crippen LogP contribution in [0.4, 0.5) is 0 Å². The van der Waals surface area contributed by atoms with Crippen LogP contribution in [-0.2, 0) is 19.1 Å². The van der Waals surface area contributed by atoms with Gasteiger partial charge < -0.3 is 19.9 Å². The molecule has 27 heavy (non-hydrogen) atoms. The van der Waals surface area contributed by atoms with Gasteiger partial charge in [-0.25, -0.2) is 0 Å². The fourth-order valence-corrected chi connectivity index (χ4v) is 2.07. The largest absolute Gasteiger partial charge is 0.481 e. The Balaban J connectivity index is 4.76. The minimum Gasteiger partial charge on any atom is -0.481 e. The van der Waals surface area contributed by atoms with Gasteiger partial charge in [0.1, 0.15) is 0 Å². The van der Waals surface area contributed by atoms with Crippen molar-refractivity contribution in [3.8, 4) is 0 Å². The molecule has 0 aliphatic carbocycles. The van der Waals surface area contributed by atoms with Crippen molar-refractivity contribution in [2.45, 2.75) is 98.8 Å². The molecule has 160 valence electrons. The zero-order valence-electron chi connectivity index (χ0n) is 19.0. The molecule has 0 aromatic rings. The number of carbonyl (C=O) groups is 2. The lowest BCUT2D eigenvalue weighted by Crippen LogP contribution is -2.52. The average Bonchev–Trinajstić information content (AvgIpc) is 2.47. The summed E-state index contributed by atoms with van der Waals surface area (Å²) in [7, 11) is 0. The Morgan fingerprint density at radius 3 is 1.89 bits per heavy atom. The van der Waals surface area contributed by atoms with E-state index in [-0.39, 0.29) is 35.7 Å². The first-order valence-electron chi connectivity index (χ1n) is 9.70. The molecule has 1 amide bonds. The quantitative estimate of drug-likeness (QED) is 0.559. The van der Waals surface area contributed by atoms with Crippen molar-refractivity contribution in [1.29, 1.82) is 0 Å². The summed E-state index contributed by atoms with van der Waals surface area (Å²) in [5.74, 6) is -1.18. The van der Waals surface area contributed by atoms with Gasteiger partial charge in [-0.2, -0.15) is 0 Å². The number of nitrogens with one attached hydrogen (secondary N) is 1. The summed E-state index contributed by atoms with van der Waals surface area (Å²) in [4.78, 5) is 22.6. The Hall–Kier alpha value is -1.14. The van der Waals surface area contributed by atoms with E-state index >= 15 is 0 Å². The number of carboxylic acid groups (broad SMARTS) is 1. The van der Waals surface area contributed by atoms with Gasteiger partial charge >= 0.3 is 5.97 Å². The van der Waals surface area contributed by atoms with Gasteiger partial charge in [-0.3, -0.25) is 9.59 Å². The molecule has 1 unspecified atom stereocenters. The highest BCUT2D eigenvalue weighted by molar-refractivity contribution is 5.81. The smallest absolute Gasteiger partial charge is 0.303 e. The highest BCUT2D eigenvalue weighted by Crippen LogP contribution is 2.36. The second kappa shape index (κ2) is 9.37. The molecule has 0 aliphatic heterocycles. The van der Waals surface area contributed by atoms with Gasteiger partial charge in [-0.1, -0.05) is 20.8 Å². The standard InChI is InChI=1S/C21H41NO5/c1-15(20(7,8)22-16(23)11-12-17(24)25)13-26-21(9,10)19(5,6)14-27-18(2,3)4/h15H,11-14H2,1-10H3,(H,22,23)(H,24,25). The van der Waals surface area contributed by atoms with Gasteiger partial charge in [-0.15, -0.1) is 0 Å². The maximum atomic E-state index is 12.0. The predicted octanol–water partition coefficient (Wildman–Crippen LogP) is 4.02. The first kappa shape index (κ1) is 25.9. The average molecular weight is 388 g/mol. The second-order valence-electron chi connectivity index (χ2n) is 10.2. The van der Waals surface area contributed by atoms with Crippen LogP contribution in [0.25, 0.3) is 0 Å². The number of carboxylic acids is 1. The van der Waals surface area contributed by atoms with Gasteiger partial charge in [-0.05, 0) is 48.5 Å². The van der Waals surface area contributed by atoms with E-state index in [0.29, 0.717) is 13.2 Å². The molecule has 0 saturated carbocycles. The van der Waals surface area contributed by atoms with E-state index in [2.05, 4.69) is 33.0 Å². The zero-order valence-corrected chi connectivity index (χ0v) is 19.0. The van der Waals surface area contributed by atoms with E-state index < -0.39 is 17.1 Å². The van der Waals surface area contributed by atoms with Crippen LogP contribution >= 0.6 is 0 Å². The van der Waals surface area contributed by atoms with Gasteiger partial charge in [0.25, 0.3) is 0 Å². The van der Waals surface area contributed by atoms with Gasteiger partial charge in [0, 0.05) is 23.3 Å². The lowest BCUT2D eigenvalue weighted by atomic mass is 9.77. The normalized spacial score (nSPS) is 14.7. The molecule has 0 rings (SSSR count). The maximum absolute atomic E-state index is 12.0. The topological polar surface area (TPSA) is 84.9 Å². The molecule has 0 bridgehead atoms. The summed E-state index contributed by atoms with van der Waals surface area (Å²) in [5, 5.41) is 11.6. The lowest BCUT2D eigenvalue weighted by Gasteiger charge is -2.44. The highest BCUT2D eigenvalue weighted by Gasteiger charge is 2.40. The van der Waals surface area contributed by atoms with Crippen molar-refractivity contribution in [3.63, 3.8) is 0 Å². The minimum absolute atomic E-state index is 0.0188. The molecule has 0 aliphatic rings. The monoisotopic (exact) mass is 387 g/mol. The minimum atomic E-state index is -0.971. The number of ether oxygens (including phenoxy) is 2. The van der Waals surface area contributed by atoms with Crippen molar-refractivity contribution in [1.82, 2.24) is 5.32 Å². The Bertz CT molecular complexity index is 503. The Labute approximate surface area is 165 Å². The molecular weight excluding hydrogens is 346 g/mol. The van der Waals surface area contributed by atoms with Crippen molar-refractivity contribution in [2.24, 2.45) is 11.3 Å². The van der Waals surface area contributed by atoms with Gasteiger partial charge in [0.15, 0.2) is 0 Å². The van der Waals surface area contributed by atoms with Crippen LogP contribution < -0.4 is 5.32 Å². The molecule has 1 atom stereocenters. The molecule has 0 saturated heterocycles. The number of hydrogen-bond acceptors (Lipinski definition) is 4. The molecule has 0 spiro atoms. The molecule has 0 fully saturated rings. The van der Waals surface area contributed by atoms with Crippen molar-refractivity contribution >= 4 is 11.9 Å². The first-order chi connectivity index (χ1) is 11.9. The number of hydrogen-bond donors (Lipinski definition) is 2. The van der Waals surface area contributed by atoms with E-state index in [1.807, 2.05) is 41.5 Å². The molecule has 2 N–H and O–H groups in total. The summed E-state index contributed by atoms with van der Waals surface area (Å²) < 4.78 is 12.2. The SMILES string of the molecule is CC(COC(C)(C)C(C)(C)COC(C)(C)C)C(C)(C)NC(=O)CCC(=O)O. The van der Waals surface area contributed by atoms with E-state index in [9.17, 15) is 9.59 Å². The zero-order chi connectivity index (χ0) is 21.7. The van der Waals surface area contributed by atoms with Crippen LogP contribution in [0.2, 0.25) is 0 Å². The molecule has 0 radical (unpaired) electrons. The van der Waals surface area contributed by atoms with E-state index in [1.54, 1.807) is 0 Å². The third-order valence-electron chi connectivity index (χ3n) is 5.45. The Kier molecular flexibility index (Phi) is 8.98. The Morgan fingerprint density at radius 2 is 1.44 bits per heavy atom. The fraction of sp³-hybridized carbons (Fsp3) is 0.905. The lowest BCUT2D eigenvalue weighted by molar-refractivity contribution is -0.154. The highest BCUT2D eigenvalue weighted by atomic mass is 16.5. The first-order valence-corrected chi connectivity index (χ1v) is 9.70. The van der Waals surface area contributed by atoms with Crippen LogP contribution in [-0.4, -0.2) is 46.9 Å². The Morgan fingerprint density at radius 1 is 0.926 bits per heavy atom. The van der Waals surface area contributed by atoms with E-state index in [4.69, 9.17) is 14.6 Å². The third kappa shape index (κ3) is 9.56. The summed E-state index contributed by atoms with van der Waals surface area (Å²) in [6, 6.07) is 0. The van der Waals surface area contributed by atoms with Crippen molar-refractivity contribution < 1.29 is 24.2 Å². The van der Waals surface area contributed by atoms with E-state index in [0.717, 1.165) is 0 Å². The number of aliphatic carboxylic acids is 1. The second-order valence-corrected chi connectivity index (χ2v) is 10.2. The van der Waals surface area contributed by atoms with Crippen molar-refractivity contribution in [3.05, 3.63) is 0 Å². The molecule has 0 aromatic carbocycles. The van der Waals surface area contributed by atoms with Crippen LogP contribution in [0, 0.1) is 11.3 Å². The number of amides is 1. The number of rotatable bonds is 11. The molecule has 6 heteroatoms. The summed E-state index contributed by atoms with van der Waals surface area (Å²) in [6.45, 7) is 21.4. The van der Waals surface area contributed by atoms with Crippen LogP contribution in [0.1, 0.15) is 82.1 Å². The van der Waals surface area contributed by atoms with Gasteiger partial charge in [0.05, 0.1) is 30.8 Å². The fourth-order valence-electron chi connectivity index (χ4n) is 2.07. The third-order valence-corrected chi connectivity index (χ3v) is 5.45. The van der Waals surface area contributed by atoms with Gasteiger partial charge in [0.2, 0.25) is 5.91 Å². The summed E-state index contributed by atoms with van der Waals surface area (Å²) >= 11 is 0. The van der Waals surface area contributed by atoms with Crippen molar-refractivity contribution in [2.75, 3.05) is 13.2 Å².